The Morgan fingerprint density at radius 1 is 1.17 bits per heavy atom. The highest BCUT2D eigenvalue weighted by molar-refractivity contribution is 6.30. The van der Waals surface area contributed by atoms with Gasteiger partial charge in [0.15, 0.2) is 0 Å². The summed E-state index contributed by atoms with van der Waals surface area (Å²) in [6, 6.07) is 14.9. The molecule has 0 aliphatic carbocycles. The number of halogens is 1. The second-order valence-corrected chi connectivity index (χ2v) is 6.36. The van der Waals surface area contributed by atoms with E-state index in [4.69, 9.17) is 16.3 Å². The molecule has 0 saturated carbocycles. The molecule has 0 N–H and O–H groups in total. The molecule has 0 bridgehead atoms. The molecule has 5 nitrogen and oxygen atoms in total. The number of nitrogens with zero attached hydrogens (tertiary/aromatic N) is 2. The standard InChI is InChI=1S/C18H15ClN2O3/c19-14-3-1-12(2-4-14)18-10-13-9-15(21(22)23)5-6-17(13)20(18)16-7-8-24-11-16/h1-6,9-10,16H,7-8,11H2. The van der Waals surface area contributed by atoms with Gasteiger partial charge in [-0.05, 0) is 36.2 Å². The van der Waals surface area contributed by atoms with Crippen LogP contribution in [0.1, 0.15) is 12.5 Å². The first kappa shape index (κ1) is 15.2. The molecule has 0 spiro atoms. The molecule has 2 aromatic carbocycles. The zero-order valence-corrected chi connectivity index (χ0v) is 13.6. The zero-order chi connectivity index (χ0) is 16.7. The number of fused-ring (bicyclic) bond motifs is 1. The van der Waals surface area contributed by atoms with E-state index in [1.165, 1.54) is 0 Å². The molecule has 6 heteroatoms. The van der Waals surface area contributed by atoms with Crippen molar-refractivity contribution in [1.29, 1.82) is 0 Å². The Labute approximate surface area is 143 Å². The normalized spacial score (nSPS) is 17.5. The molecule has 122 valence electrons. The number of nitro groups is 1. The zero-order valence-electron chi connectivity index (χ0n) is 12.8. The fraction of sp³-hybridized carbons (Fsp3) is 0.222. The maximum Gasteiger partial charge on any atom is 0.270 e. The van der Waals surface area contributed by atoms with Crippen molar-refractivity contribution in [3.05, 3.63) is 63.7 Å². The lowest BCUT2D eigenvalue weighted by atomic mass is 10.1. The molecule has 0 amide bonds. The molecular weight excluding hydrogens is 328 g/mol. The summed E-state index contributed by atoms with van der Waals surface area (Å²) >= 11 is 6.00. The van der Waals surface area contributed by atoms with E-state index in [0.717, 1.165) is 35.2 Å². The van der Waals surface area contributed by atoms with Crippen LogP contribution in [0.3, 0.4) is 0 Å². The minimum atomic E-state index is -0.364. The van der Waals surface area contributed by atoms with E-state index in [9.17, 15) is 10.1 Å². The Bertz CT molecular complexity index is 912. The second kappa shape index (κ2) is 5.92. The monoisotopic (exact) mass is 342 g/mol. The highest BCUT2D eigenvalue weighted by Gasteiger charge is 2.23. The Balaban J connectivity index is 1.94. The van der Waals surface area contributed by atoms with Crippen LogP contribution in [-0.4, -0.2) is 22.7 Å². The van der Waals surface area contributed by atoms with Crippen LogP contribution in [0.2, 0.25) is 5.02 Å². The number of non-ortho nitro benzene ring substituents is 1. The van der Waals surface area contributed by atoms with Crippen LogP contribution in [0, 0.1) is 10.1 Å². The summed E-state index contributed by atoms with van der Waals surface area (Å²) in [4.78, 5) is 10.7. The predicted octanol–water partition coefficient (Wildman–Crippen LogP) is 4.83. The molecule has 2 heterocycles. The van der Waals surface area contributed by atoms with Crippen LogP contribution in [-0.2, 0) is 4.74 Å². The lowest BCUT2D eigenvalue weighted by Crippen LogP contribution is -2.09. The summed E-state index contributed by atoms with van der Waals surface area (Å²) < 4.78 is 7.78. The van der Waals surface area contributed by atoms with Gasteiger partial charge in [-0.3, -0.25) is 10.1 Å². The molecule has 1 atom stereocenters. The van der Waals surface area contributed by atoms with E-state index in [1.807, 2.05) is 36.4 Å². The van der Waals surface area contributed by atoms with Crippen molar-refractivity contribution < 1.29 is 9.66 Å². The fourth-order valence-corrected chi connectivity index (χ4v) is 3.43. The van der Waals surface area contributed by atoms with E-state index in [1.54, 1.807) is 12.1 Å². The molecule has 1 aliphatic rings. The maximum absolute atomic E-state index is 11.1. The minimum absolute atomic E-state index is 0.102. The number of aromatic nitrogens is 1. The molecule has 24 heavy (non-hydrogen) atoms. The smallest absolute Gasteiger partial charge is 0.270 e. The molecule has 1 saturated heterocycles. The summed E-state index contributed by atoms with van der Waals surface area (Å²) in [7, 11) is 0. The highest BCUT2D eigenvalue weighted by atomic mass is 35.5. The van der Waals surface area contributed by atoms with E-state index in [2.05, 4.69) is 4.57 Å². The first-order valence-corrected chi connectivity index (χ1v) is 8.14. The number of benzene rings is 2. The average molecular weight is 343 g/mol. The Kier molecular flexibility index (Phi) is 3.75. The second-order valence-electron chi connectivity index (χ2n) is 5.92. The van der Waals surface area contributed by atoms with Gasteiger partial charge in [-0.15, -0.1) is 0 Å². The molecule has 4 rings (SSSR count). The van der Waals surface area contributed by atoms with Gasteiger partial charge >= 0.3 is 0 Å². The van der Waals surface area contributed by atoms with Crippen LogP contribution in [0.5, 0.6) is 0 Å². The third-order valence-electron chi connectivity index (χ3n) is 4.44. The van der Waals surface area contributed by atoms with E-state index in [-0.39, 0.29) is 16.7 Å². The van der Waals surface area contributed by atoms with Gasteiger partial charge in [-0.2, -0.15) is 0 Å². The van der Waals surface area contributed by atoms with Gasteiger partial charge in [-0.1, -0.05) is 23.7 Å². The first-order chi connectivity index (χ1) is 11.6. The lowest BCUT2D eigenvalue weighted by molar-refractivity contribution is -0.384. The molecule has 1 aliphatic heterocycles. The number of hydrogen-bond donors (Lipinski definition) is 0. The molecule has 0 radical (unpaired) electrons. The number of ether oxygens (including phenoxy) is 1. The SMILES string of the molecule is O=[N+]([O-])c1ccc2c(c1)cc(-c1ccc(Cl)cc1)n2C1CCOC1. The fourth-order valence-electron chi connectivity index (χ4n) is 3.30. The molecular formula is C18H15ClN2O3. The van der Waals surface area contributed by atoms with Crippen molar-refractivity contribution in [3.8, 4) is 11.3 Å². The van der Waals surface area contributed by atoms with Crippen LogP contribution >= 0.6 is 11.6 Å². The summed E-state index contributed by atoms with van der Waals surface area (Å²) in [5, 5.41) is 12.6. The number of hydrogen-bond acceptors (Lipinski definition) is 3. The third-order valence-corrected chi connectivity index (χ3v) is 4.70. The topological polar surface area (TPSA) is 57.3 Å². The Morgan fingerprint density at radius 3 is 2.62 bits per heavy atom. The maximum atomic E-state index is 11.1. The van der Waals surface area contributed by atoms with Crippen molar-refractivity contribution in [1.82, 2.24) is 4.57 Å². The van der Waals surface area contributed by atoms with Crippen LogP contribution in [0.25, 0.3) is 22.2 Å². The molecule has 1 fully saturated rings. The summed E-state index contributed by atoms with van der Waals surface area (Å²) in [5.74, 6) is 0. The van der Waals surface area contributed by atoms with Crippen LogP contribution in [0.15, 0.2) is 48.5 Å². The lowest BCUT2D eigenvalue weighted by Gasteiger charge is -2.17. The van der Waals surface area contributed by atoms with Crippen LogP contribution < -0.4 is 0 Å². The number of nitro benzene ring substituents is 1. The number of rotatable bonds is 3. The van der Waals surface area contributed by atoms with Gasteiger partial charge < -0.3 is 9.30 Å². The summed E-state index contributed by atoms with van der Waals surface area (Å²) in [5.41, 5.74) is 3.15. The highest BCUT2D eigenvalue weighted by Crippen LogP contribution is 2.36. The van der Waals surface area contributed by atoms with Crippen molar-refractivity contribution in [2.24, 2.45) is 0 Å². The molecule has 3 aromatic rings. The molecule has 1 unspecified atom stereocenters. The predicted molar refractivity (Wildman–Crippen MR) is 93.5 cm³/mol. The first-order valence-electron chi connectivity index (χ1n) is 7.76. The minimum Gasteiger partial charge on any atom is -0.379 e. The van der Waals surface area contributed by atoms with Gasteiger partial charge in [0, 0.05) is 40.4 Å². The van der Waals surface area contributed by atoms with Crippen molar-refractivity contribution in [2.75, 3.05) is 13.2 Å². The van der Waals surface area contributed by atoms with E-state index < -0.39 is 0 Å². The quantitative estimate of drug-likeness (QED) is 0.506. The van der Waals surface area contributed by atoms with Crippen molar-refractivity contribution in [3.63, 3.8) is 0 Å². The summed E-state index contributed by atoms with van der Waals surface area (Å²) in [6.07, 6.45) is 0.932. The average Bonchev–Trinajstić information content (AvgIpc) is 3.21. The van der Waals surface area contributed by atoms with Gasteiger partial charge in [0.25, 0.3) is 5.69 Å². The van der Waals surface area contributed by atoms with E-state index >= 15 is 0 Å². The van der Waals surface area contributed by atoms with Crippen molar-refractivity contribution >= 4 is 28.2 Å². The van der Waals surface area contributed by atoms with Gasteiger partial charge in [0.1, 0.15) is 0 Å². The Morgan fingerprint density at radius 2 is 1.96 bits per heavy atom. The van der Waals surface area contributed by atoms with Gasteiger partial charge in [-0.25, -0.2) is 0 Å². The summed E-state index contributed by atoms with van der Waals surface area (Å²) in [6.45, 7) is 1.39. The Hall–Kier alpha value is -2.37. The van der Waals surface area contributed by atoms with E-state index in [0.29, 0.717) is 11.6 Å². The van der Waals surface area contributed by atoms with Gasteiger partial charge in [0.2, 0.25) is 0 Å². The van der Waals surface area contributed by atoms with Crippen molar-refractivity contribution in [2.45, 2.75) is 12.5 Å². The third kappa shape index (κ3) is 2.56. The van der Waals surface area contributed by atoms with Crippen LogP contribution in [0.4, 0.5) is 5.69 Å². The largest absolute Gasteiger partial charge is 0.379 e. The molecule has 1 aromatic heterocycles. The van der Waals surface area contributed by atoms with Gasteiger partial charge in [0.05, 0.1) is 17.6 Å².